The van der Waals surface area contributed by atoms with Crippen molar-refractivity contribution in [3.05, 3.63) is 95.0 Å². The molecule has 5 atom stereocenters. The molecule has 8 heteroatoms. The van der Waals surface area contributed by atoms with Crippen LogP contribution in [0.15, 0.2) is 78.9 Å². The van der Waals surface area contributed by atoms with Crippen molar-refractivity contribution in [3.63, 3.8) is 0 Å². The molecule has 3 amide bonds. The van der Waals surface area contributed by atoms with Crippen molar-refractivity contribution >= 4 is 46.7 Å². The Morgan fingerprint density at radius 2 is 1.63 bits per heavy atom. The molecule has 2 saturated carbocycles. The van der Waals surface area contributed by atoms with E-state index >= 15 is 0 Å². The molecule has 3 aromatic carbocycles. The Morgan fingerprint density at radius 3 is 2.42 bits per heavy atom. The number of esters is 1. The molecule has 38 heavy (non-hydrogen) atoms. The van der Waals surface area contributed by atoms with Gasteiger partial charge in [0.1, 0.15) is 0 Å². The number of nitrogens with zero attached hydrogens (tertiary/aromatic N) is 1. The van der Waals surface area contributed by atoms with E-state index in [1.54, 1.807) is 36.4 Å². The number of carbonyl (C=O) groups is 4. The topological polar surface area (TPSA) is 92.8 Å². The van der Waals surface area contributed by atoms with Gasteiger partial charge in [-0.05, 0) is 66.5 Å². The smallest absolute Gasteiger partial charge is 0.338 e. The van der Waals surface area contributed by atoms with Crippen molar-refractivity contribution in [1.29, 1.82) is 0 Å². The molecular weight excluding hydrogens is 504 g/mol. The highest BCUT2D eigenvalue weighted by atomic mass is 35.5. The number of benzene rings is 3. The van der Waals surface area contributed by atoms with Crippen LogP contribution in [0.1, 0.15) is 34.7 Å². The van der Waals surface area contributed by atoms with E-state index < -0.39 is 18.5 Å². The summed E-state index contributed by atoms with van der Waals surface area (Å²) >= 11 is 6.04. The van der Waals surface area contributed by atoms with Gasteiger partial charge >= 0.3 is 5.97 Å². The van der Waals surface area contributed by atoms with Crippen LogP contribution in [0.2, 0.25) is 5.02 Å². The number of carbonyl (C=O) groups excluding carboxylic acids is 4. The number of rotatable bonds is 6. The lowest BCUT2D eigenvalue weighted by atomic mass is 9.73. The summed E-state index contributed by atoms with van der Waals surface area (Å²) in [6, 6.07) is 23.2. The van der Waals surface area contributed by atoms with Gasteiger partial charge in [0.15, 0.2) is 6.61 Å². The number of ether oxygens (including phenoxy) is 1. The SMILES string of the molecule is O=C(COC(=O)c1cccc(N2C(=O)[C@@H]3[C@@H]4C[C@@H]([C@@H]3C2=O)[C@@H](c2ccccc2)C4)c1)Nc1ccccc1Cl. The Bertz CT molecular complexity index is 1440. The maximum absolute atomic E-state index is 13.6. The van der Waals surface area contributed by atoms with Crippen molar-refractivity contribution < 1.29 is 23.9 Å². The number of fused-ring (bicyclic) bond motifs is 5. The third-order valence-electron chi connectivity index (χ3n) is 8.07. The van der Waals surface area contributed by atoms with E-state index in [1.807, 2.05) is 18.2 Å². The van der Waals surface area contributed by atoms with Gasteiger partial charge in [-0.1, -0.05) is 60.1 Å². The largest absolute Gasteiger partial charge is 0.452 e. The molecule has 3 aliphatic rings. The molecule has 3 fully saturated rings. The maximum atomic E-state index is 13.6. The molecule has 1 N–H and O–H groups in total. The Morgan fingerprint density at radius 1 is 0.895 bits per heavy atom. The van der Waals surface area contributed by atoms with E-state index in [-0.39, 0.29) is 47.0 Å². The van der Waals surface area contributed by atoms with Crippen molar-refractivity contribution in [2.45, 2.75) is 18.8 Å². The summed E-state index contributed by atoms with van der Waals surface area (Å²) in [6.45, 7) is -0.510. The van der Waals surface area contributed by atoms with Gasteiger partial charge in [0.05, 0.1) is 33.8 Å². The van der Waals surface area contributed by atoms with Crippen LogP contribution in [0.4, 0.5) is 11.4 Å². The van der Waals surface area contributed by atoms with E-state index in [0.29, 0.717) is 16.4 Å². The molecule has 0 spiro atoms. The molecule has 0 unspecified atom stereocenters. The molecule has 2 aliphatic carbocycles. The Hall–Kier alpha value is -3.97. The van der Waals surface area contributed by atoms with Gasteiger partial charge < -0.3 is 10.1 Å². The summed E-state index contributed by atoms with van der Waals surface area (Å²) in [7, 11) is 0. The number of amides is 3. The van der Waals surface area contributed by atoms with Crippen molar-refractivity contribution in [1.82, 2.24) is 0 Å². The van der Waals surface area contributed by atoms with E-state index in [2.05, 4.69) is 17.4 Å². The van der Waals surface area contributed by atoms with Crippen LogP contribution in [0.5, 0.6) is 0 Å². The van der Waals surface area contributed by atoms with Crippen LogP contribution in [0.25, 0.3) is 0 Å². The monoisotopic (exact) mass is 528 g/mol. The summed E-state index contributed by atoms with van der Waals surface area (Å²) in [6.07, 6.45) is 1.80. The average Bonchev–Trinajstić information content (AvgIpc) is 3.60. The van der Waals surface area contributed by atoms with Gasteiger partial charge in [-0.3, -0.25) is 19.3 Å². The summed E-state index contributed by atoms with van der Waals surface area (Å²) in [5.41, 5.74) is 2.13. The minimum Gasteiger partial charge on any atom is -0.452 e. The van der Waals surface area contributed by atoms with Gasteiger partial charge in [0.25, 0.3) is 5.91 Å². The zero-order chi connectivity index (χ0) is 26.4. The summed E-state index contributed by atoms with van der Waals surface area (Å²) < 4.78 is 5.17. The van der Waals surface area contributed by atoms with Crippen molar-refractivity contribution in [2.75, 3.05) is 16.8 Å². The lowest BCUT2D eigenvalue weighted by molar-refractivity contribution is -0.123. The van der Waals surface area contributed by atoms with E-state index in [9.17, 15) is 19.2 Å². The minimum atomic E-state index is -0.732. The molecule has 1 heterocycles. The Kier molecular flexibility index (Phi) is 6.24. The van der Waals surface area contributed by atoms with E-state index in [0.717, 1.165) is 12.8 Å². The number of halogens is 1. The number of hydrogen-bond acceptors (Lipinski definition) is 5. The van der Waals surface area contributed by atoms with Gasteiger partial charge in [0.2, 0.25) is 11.8 Å². The molecule has 0 radical (unpaired) electrons. The lowest BCUT2D eigenvalue weighted by Gasteiger charge is -2.28. The average molecular weight is 529 g/mol. The highest BCUT2D eigenvalue weighted by Gasteiger charge is 2.64. The molecule has 7 nitrogen and oxygen atoms in total. The second kappa shape index (κ2) is 9.72. The van der Waals surface area contributed by atoms with Gasteiger partial charge in [-0.25, -0.2) is 4.79 Å². The molecule has 2 bridgehead atoms. The third kappa shape index (κ3) is 4.17. The highest BCUT2D eigenvalue weighted by Crippen LogP contribution is 2.61. The summed E-state index contributed by atoms with van der Waals surface area (Å²) in [4.78, 5) is 53.2. The number of para-hydroxylation sites is 1. The zero-order valence-corrected chi connectivity index (χ0v) is 21.1. The van der Waals surface area contributed by atoms with Crippen molar-refractivity contribution in [3.8, 4) is 0 Å². The fourth-order valence-electron chi connectivity index (χ4n) is 6.53. The maximum Gasteiger partial charge on any atom is 0.338 e. The lowest BCUT2D eigenvalue weighted by Crippen LogP contribution is -2.33. The standard InChI is InChI=1S/C30H25ClN2O5/c31-23-11-4-5-12-24(23)32-25(34)16-38-30(37)18-9-6-10-20(13-18)33-28(35)26-19-14-21(17-7-2-1-3-8-17)22(15-19)27(26)29(33)36/h1-13,19,21-22,26-27H,14-16H2,(H,32,34)/t19-,21+,22+,26+,27-/m0/s1. The first-order valence-corrected chi connectivity index (χ1v) is 13.0. The minimum absolute atomic E-state index is 0.138. The van der Waals surface area contributed by atoms with Gasteiger partial charge in [-0.15, -0.1) is 0 Å². The van der Waals surface area contributed by atoms with E-state index in [1.165, 1.54) is 22.6 Å². The molecule has 192 valence electrons. The molecule has 0 aromatic heterocycles. The fraction of sp³-hybridized carbons (Fsp3) is 0.267. The number of nitrogens with one attached hydrogen (secondary N) is 1. The van der Waals surface area contributed by atoms with Crippen LogP contribution in [0.3, 0.4) is 0 Å². The van der Waals surface area contributed by atoms with Crippen LogP contribution in [-0.4, -0.2) is 30.3 Å². The Balaban J connectivity index is 1.15. The summed E-state index contributed by atoms with van der Waals surface area (Å²) in [5, 5.41) is 2.96. The van der Waals surface area contributed by atoms with E-state index in [4.69, 9.17) is 16.3 Å². The second-order valence-corrected chi connectivity index (χ2v) is 10.5. The van der Waals surface area contributed by atoms with Gasteiger partial charge in [-0.2, -0.15) is 0 Å². The number of hydrogen-bond donors (Lipinski definition) is 1. The fourth-order valence-corrected chi connectivity index (χ4v) is 6.72. The van der Waals surface area contributed by atoms with Crippen LogP contribution >= 0.6 is 11.6 Å². The van der Waals surface area contributed by atoms with Gasteiger partial charge in [0, 0.05) is 0 Å². The molecule has 1 saturated heterocycles. The first kappa shape index (κ1) is 24.4. The predicted molar refractivity (Wildman–Crippen MR) is 142 cm³/mol. The first-order chi connectivity index (χ1) is 18.4. The van der Waals surface area contributed by atoms with Crippen LogP contribution in [-0.2, 0) is 19.1 Å². The summed E-state index contributed by atoms with van der Waals surface area (Å²) in [5.74, 6) is -1.71. The second-order valence-electron chi connectivity index (χ2n) is 10.1. The first-order valence-electron chi connectivity index (χ1n) is 12.7. The zero-order valence-electron chi connectivity index (χ0n) is 20.4. The highest BCUT2D eigenvalue weighted by molar-refractivity contribution is 6.33. The normalized spacial score (nSPS) is 25.4. The molecular formula is C30H25ClN2O5. The molecule has 6 rings (SSSR count). The molecule has 3 aromatic rings. The third-order valence-corrected chi connectivity index (χ3v) is 8.40. The predicted octanol–water partition coefficient (Wildman–Crippen LogP) is 5.06. The Labute approximate surface area is 224 Å². The quantitative estimate of drug-likeness (QED) is 0.356. The van der Waals surface area contributed by atoms with Crippen molar-refractivity contribution in [2.24, 2.45) is 23.7 Å². The number of imide groups is 1. The van der Waals surface area contributed by atoms with Crippen LogP contribution < -0.4 is 10.2 Å². The van der Waals surface area contributed by atoms with Crippen LogP contribution in [0, 0.1) is 23.7 Å². The molecule has 1 aliphatic heterocycles. The number of anilines is 2.